The third kappa shape index (κ3) is 5.31. The Morgan fingerprint density at radius 3 is 2.76 bits per heavy atom. The maximum Gasteiger partial charge on any atom is 0.246 e. The first kappa shape index (κ1) is 29.4. The summed E-state index contributed by atoms with van der Waals surface area (Å²) in [6.45, 7) is 6.78. The largest absolute Gasteiger partial charge is 0.348 e. The maximum atomic E-state index is 16.1. The molecule has 2 aliphatic carbocycles. The number of carbonyl (C=O) groups excluding carboxylic acids is 2. The van der Waals surface area contributed by atoms with E-state index in [1.54, 1.807) is 4.90 Å². The first-order chi connectivity index (χ1) is 20.3. The normalized spacial score (nSPS) is 37.2. The number of alkyl halides is 1. The number of halogens is 1. The highest BCUT2D eigenvalue weighted by Crippen LogP contribution is 2.48. The van der Waals surface area contributed by atoms with Crippen LogP contribution in [0.2, 0.25) is 0 Å². The molecule has 6 rings (SSSR count). The van der Waals surface area contributed by atoms with Gasteiger partial charge in [0.15, 0.2) is 12.1 Å². The maximum absolute atomic E-state index is 16.1. The van der Waals surface area contributed by atoms with E-state index >= 15 is 4.39 Å². The van der Waals surface area contributed by atoms with Crippen molar-refractivity contribution in [2.45, 2.75) is 81.8 Å². The lowest BCUT2D eigenvalue weighted by Gasteiger charge is -2.55. The molecule has 4 fully saturated rings. The third-order valence-electron chi connectivity index (χ3n) is 10.6. The lowest BCUT2D eigenvalue weighted by Crippen LogP contribution is -2.75. The summed E-state index contributed by atoms with van der Waals surface area (Å²) < 4.78 is 22.5. The topological polar surface area (TPSA) is 101 Å². The first-order valence-corrected chi connectivity index (χ1v) is 15.5. The molecule has 1 aromatic carbocycles. The SMILES string of the molecule is C=CC(=O)N1CCN(C2NC(OCC3CCCN3C)NC3C(=O)[C@]4(CCC32)Cc2ccccc2CC4F)CC1CC#N. The molecular formula is C32H43FN6O3. The standard InChI is InChI=1S/C32H43FN6O3/c1-3-27(40)39-16-15-38(19-23(39)11-13-34)30-25-10-12-32(18-22-8-5-4-7-21(22)17-26(32)33)29(41)28(25)35-31(36-30)42-20-24-9-6-14-37(24)2/h3-5,7-8,23-26,28,30-31,35-36H,1,6,9-12,14-20H2,2H3/t23?,24?,25?,26?,28?,30?,31?,32-/m1/s1. The number of benzene rings is 1. The van der Waals surface area contributed by atoms with Gasteiger partial charge in [-0.3, -0.25) is 25.1 Å². The number of ketones is 1. The molecule has 9 nitrogen and oxygen atoms in total. The van der Waals surface area contributed by atoms with E-state index in [2.05, 4.69) is 40.1 Å². The van der Waals surface area contributed by atoms with Crippen LogP contribution in [0, 0.1) is 22.7 Å². The van der Waals surface area contributed by atoms with Gasteiger partial charge in [0, 0.05) is 38.0 Å². The Bertz CT molecular complexity index is 1240. The van der Waals surface area contributed by atoms with Gasteiger partial charge in [-0.25, -0.2) is 4.39 Å². The molecule has 7 unspecified atom stereocenters. The van der Waals surface area contributed by atoms with E-state index in [4.69, 9.17) is 4.74 Å². The Labute approximate surface area is 248 Å². The first-order valence-electron chi connectivity index (χ1n) is 15.5. The van der Waals surface area contributed by atoms with Crippen LogP contribution in [-0.2, 0) is 27.2 Å². The Balaban J connectivity index is 1.26. The number of likely N-dealkylation sites (tertiary alicyclic amines) is 1. The molecule has 8 atom stereocenters. The smallest absolute Gasteiger partial charge is 0.246 e. The summed E-state index contributed by atoms with van der Waals surface area (Å²) in [5, 5.41) is 16.6. The Kier molecular flexibility index (Phi) is 8.49. The van der Waals surface area contributed by atoms with Gasteiger partial charge in [0.2, 0.25) is 5.91 Å². The number of piperazine rings is 1. The number of nitrogens with zero attached hydrogens (tertiary/aromatic N) is 4. The summed E-state index contributed by atoms with van der Waals surface area (Å²) in [4.78, 5) is 33.3. The number of rotatable bonds is 6. The van der Waals surface area contributed by atoms with Crippen LogP contribution >= 0.6 is 0 Å². The van der Waals surface area contributed by atoms with Crippen LogP contribution in [0.4, 0.5) is 4.39 Å². The van der Waals surface area contributed by atoms with E-state index in [1.165, 1.54) is 6.08 Å². The number of nitriles is 1. The fourth-order valence-electron chi connectivity index (χ4n) is 8.19. The van der Waals surface area contributed by atoms with Crippen LogP contribution in [0.1, 0.15) is 43.2 Å². The summed E-state index contributed by atoms with van der Waals surface area (Å²) in [5.41, 5.74) is 1.03. The van der Waals surface area contributed by atoms with Crippen molar-refractivity contribution in [2.75, 3.05) is 39.8 Å². The Morgan fingerprint density at radius 2 is 2.02 bits per heavy atom. The number of carbonyl (C=O) groups is 2. The van der Waals surface area contributed by atoms with Gasteiger partial charge in [0.25, 0.3) is 0 Å². The Morgan fingerprint density at radius 1 is 1.21 bits per heavy atom. The van der Waals surface area contributed by atoms with Crippen molar-refractivity contribution < 1.29 is 18.7 Å². The highest BCUT2D eigenvalue weighted by atomic mass is 19.1. The summed E-state index contributed by atoms with van der Waals surface area (Å²) in [5.74, 6) is -0.312. The number of hydrogen-bond acceptors (Lipinski definition) is 8. The molecule has 226 valence electrons. The lowest BCUT2D eigenvalue weighted by atomic mass is 9.58. The molecule has 5 aliphatic rings. The van der Waals surface area contributed by atoms with Crippen LogP contribution in [0.5, 0.6) is 0 Å². The zero-order chi connectivity index (χ0) is 29.4. The highest BCUT2D eigenvalue weighted by molar-refractivity contribution is 5.92. The predicted molar refractivity (Wildman–Crippen MR) is 156 cm³/mol. The van der Waals surface area contributed by atoms with Crippen molar-refractivity contribution in [3.63, 3.8) is 0 Å². The molecule has 2 N–H and O–H groups in total. The number of ether oxygens (including phenoxy) is 1. The van der Waals surface area contributed by atoms with Gasteiger partial charge in [-0.1, -0.05) is 30.8 Å². The van der Waals surface area contributed by atoms with Crippen LogP contribution in [0.25, 0.3) is 0 Å². The second kappa shape index (κ2) is 12.1. The van der Waals surface area contributed by atoms with E-state index < -0.39 is 24.0 Å². The minimum atomic E-state index is -1.23. The monoisotopic (exact) mass is 578 g/mol. The summed E-state index contributed by atoms with van der Waals surface area (Å²) >= 11 is 0. The number of Topliss-reactive ketones (excluding diaryl/α,β-unsaturated/α-hetero) is 1. The molecule has 1 spiro atoms. The van der Waals surface area contributed by atoms with Gasteiger partial charge >= 0.3 is 0 Å². The van der Waals surface area contributed by atoms with E-state index in [1.807, 2.05) is 24.3 Å². The molecule has 1 aromatic rings. The van der Waals surface area contributed by atoms with Gasteiger partial charge in [-0.05, 0) is 62.9 Å². The fraction of sp³-hybridized carbons (Fsp3) is 0.656. The zero-order valence-electron chi connectivity index (χ0n) is 24.5. The zero-order valence-corrected chi connectivity index (χ0v) is 24.5. The molecular weight excluding hydrogens is 535 g/mol. The second-order valence-electron chi connectivity index (χ2n) is 12.8. The minimum absolute atomic E-state index is 0.0483. The van der Waals surface area contributed by atoms with E-state index in [9.17, 15) is 14.9 Å². The number of likely N-dealkylation sites (N-methyl/N-ethyl adjacent to an activating group) is 1. The fourth-order valence-corrected chi connectivity index (χ4v) is 8.19. The molecule has 0 radical (unpaired) electrons. The van der Waals surface area contributed by atoms with E-state index in [-0.39, 0.29) is 42.7 Å². The van der Waals surface area contributed by atoms with Crippen LogP contribution < -0.4 is 10.6 Å². The molecule has 0 bridgehead atoms. The summed E-state index contributed by atoms with van der Waals surface area (Å²) in [6.07, 6.45) is 3.61. The number of nitrogens with one attached hydrogen (secondary N) is 2. The van der Waals surface area contributed by atoms with Crippen LogP contribution in [-0.4, -0.2) is 103 Å². The van der Waals surface area contributed by atoms with E-state index in [0.29, 0.717) is 51.5 Å². The number of hydrogen-bond donors (Lipinski definition) is 2. The molecule has 3 aliphatic heterocycles. The molecule has 3 saturated heterocycles. The highest BCUT2D eigenvalue weighted by Gasteiger charge is 2.58. The van der Waals surface area contributed by atoms with Gasteiger partial charge < -0.3 is 14.5 Å². The van der Waals surface area contributed by atoms with Crippen molar-refractivity contribution in [3.05, 3.63) is 48.0 Å². The third-order valence-corrected chi connectivity index (χ3v) is 10.6. The van der Waals surface area contributed by atoms with E-state index in [0.717, 1.165) is 30.5 Å². The quantitative estimate of drug-likeness (QED) is 0.495. The van der Waals surface area contributed by atoms with Crippen molar-refractivity contribution in [2.24, 2.45) is 11.3 Å². The summed E-state index contributed by atoms with van der Waals surface area (Å²) in [6, 6.07) is 9.64. The van der Waals surface area contributed by atoms with Crippen LogP contribution in [0.3, 0.4) is 0 Å². The molecule has 3 heterocycles. The van der Waals surface area contributed by atoms with Crippen molar-refractivity contribution >= 4 is 11.7 Å². The molecule has 0 aromatic heterocycles. The van der Waals surface area contributed by atoms with Crippen molar-refractivity contribution in [1.29, 1.82) is 5.26 Å². The molecule has 1 amide bonds. The van der Waals surface area contributed by atoms with Gasteiger partial charge in [0.05, 0.1) is 42.8 Å². The van der Waals surface area contributed by atoms with Gasteiger partial charge in [-0.15, -0.1) is 0 Å². The molecule has 10 heteroatoms. The van der Waals surface area contributed by atoms with Gasteiger partial charge in [0.1, 0.15) is 6.17 Å². The predicted octanol–water partition coefficient (Wildman–Crippen LogP) is 1.98. The lowest BCUT2D eigenvalue weighted by molar-refractivity contribution is -0.158. The molecule has 1 saturated carbocycles. The average Bonchev–Trinajstić information content (AvgIpc) is 3.42. The number of fused-ring (bicyclic) bond motifs is 2. The minimum Gasteiger partial charge on any atom is -0.348 e. The Hall–Kier alpha value is -2.68. The molecule has 42 heavy (non-hydrogen) atoms. The second-order valence-corrected chi connectivity index (χ2v) is 12.8. The number of amides is 1. The van der Waals surface area contributed by atoms with Crippen molar-refractivity contribution in [3.8, 4) is 6.07 Å². The average molecular weight is 579 g/mol. The van der Waals surface area contributed by atoms with Gasteiger partial charge in [-0.2, -0.15) is 5.26 Å². The van der Waals surface area contributed by atoms with Crippen molar-refractivity contribution in [1.82, 2.24) is 25.3 Å². The summed E-state index contributed by atoms with van der Waals surface area (Å²) in [7, 11) is 2.11. The van der Waals surface area contributed by atoms with Crippen LogP contribution in [0.15, 0.2) is 36.9 Å².